The Bertz CT molecular complexity index is 386. The van der Waals surface area contributed by atoms with Crippen molar-refractivity contribution in [3.05, 3.63) is 23.5 Å². The normalized spacial score (nSPS) is 9.29. The van der Waals surface area contributed by atoms with Crippen LogP contribution >= 0.6 is 0 Å². The summed E-state index contributed by atoms with van der Waals surface area (Å²) in [6.07, 6.45) is 1.30. The van der Waals surface area contributed by atoms with Crippen molar-refractivity contribution in [2.75, 3.05) is 7.11 Å². The first-order valence-electron chi connectivity index (χ1n) is 3.78. The van der Waals surface area contributed by atoms with Gasteiger partial charge < -0.3 is 9.84 Å². The van der Waals surface area contributed by atoms with Crippen LogP contribution < -0.4 is 4.74 Å². The van der Waals surface area contributed by atoms with Crippen molar-refractivity contribution in [2.45, 2.75) is 6.54 Å². The molecule has 0 bridgehead atoms. The molecule has 5 heteroatoms. The quantitative estimate of drug-likeness (QED) is 0.588. The highest BCUT2D eigenvalue weighted by Gasteiger charge is 2.08. The summed E-state index contributed by atoms with van der Waals surface area (Å²) in [5, 5.41) is 9.17. The van der Waals surface area contributed by atoms with Crippen LogP contribution in [0.3, 0.4) is 0 Å². The first kappa shape index (κ1) is 10.2. The van der Waals surface area contributed by atoms with E-state index in [-0.39, 0.29) is 23.6 Å². The van der Waals surface area contributed by atoms with Crippen LogP contribution in [-0.4, -0.2) is 18.3 Å². The lowest BCUT2D eigenvalue weighted by Gasteiger charge is -2.05. The second-order valence-electron chi connectivity index (χ2n) is 2.52. The number of nitrogens with zero attached hydrogens (tertiary/aromatic N) is 1. The van der Waals surface area contributed by atoms with Gasteiger partial charge in [-0.3, -0.25) is 0 Å². The van der Waals surface area contributed by atoms with Crippen molar-refractivity contribution in [3.63, 3.8) is 0 Å². The number of halogens is 1. The predicted octanol–water partition coefficient (Wildman–Crippen LogP) is 1.38. The van der Waals surface area contributed by atoms with Gasteiger partial charge in [-0.2, -0.15) is 0 Å². The summed E-state index contributed by atoms with van der Waals surface area (Å²) in [5.74, 6) is -0.784. The van der Waals surface area contributed by atoms with E-state index in [1.54, 1.807) is 0 Å². The monoisotopic (exact) mass is 197 g/mol. The van der Waals surface area contributed by atoms with E-state index in [0.717, 1.165) is 6.07 Å². The maximum absolute atomic E-state index is 13.1. The Hall–Kier alpha value is -1.87. The zero-order chi connectivity index (χ0) is 10.6. The molecule has 1 rings (SSSR count). The standard InChI is InChI=1S/C9H8FNO3/c1-14-9-2-6(4-11-5-12)7(10)3-8(9)13/h2-3,13H,4H2,1H3. The van der Waals surface area contributed by atoms with Gasteiger partial charge in [-0.15, -0.1) is 0 Å². The van der Waals surface area contributed by atoms with Gasteiger partial charge in [0.1, 0.15) is 5.82 Å². The van der Waals surface area contributed by atoms with E-state index in [1.165, 1.54) is 19.3 Å². The fraction of sp³-hybridized carbons (Fsp3) is 0.222. The lowest BCUT2D eigenvalue weighted by atomic mass is 10.2. The van der Waals surface area contributed by atoms with E-state index in [0.29, 0.717) is 0 Å². The highest BCUT2D eigenvalue weighted by Crippen LogP contribution is 2.28. The van der Waals surface area contributed by atoms with Gasteiger partial charge in [0.25, 0.3) is 0 Å². The summed E-state index contributed by atoms with van der Waals surface area (Å²) < 4.78 is 17.8. The minimum Gasteiger partial charge on any atom is -0.504 e. The summed E-state index contributed by atoms with van der Waals surface area (Å²) in [5.41, 5.74) is 0.169. The number of hydrogen-bond donors (Lipinski definition) is 1. The second-order valence-corrected chi connectivity index (χ2v) is 2.52. The van der Waals surface area contributed by atoms with Crippen LogP contribution in [-0.2, 0) is 11.3 Å². The highest BCUT2D eigenvalue weighted by molar-refractivity contribution is 5.43. The van der Waals surface area contributed by atoms with Crippen molar-refractivity contribution in [3.8, 4) is 11.5 Å². The van der Waals surface area contributed by atoms with Gasteiger partial charge >= 0.3 is 0 Å². The molecule has 0 aliphatic rings. The molecular formula is C9H8FNO3. The first-order valence-corrected chi connectivity index (χ1v) is 3.78. The predicted molar refractivity (Wildman–Crippen MR) is 46.4 cm³/mol. The number of methoxy groups -OCH3 is 1. The smallest absolute Gasteiger partial charge is 0.235 e. The molecule has 0 radical (unpaired) electrons. The molecule has 0 aliphatic carbocycles. The third-order valence-electron chi connectivity index (χ3n) is 1.66. The Morgan fingerprint density at radius 1 is 1.64 bits per heavy atom. The molecule has 14 heavy (non-hydrogen) atoms. The van der Waals surface area contributed by atoms with Gasteiger partial charge in [0.15, 0.2) is 11.5 Å². The third-order valence-corrected chi connectivity index (χ3v) is 1.66. The van der Waals surface area contributed by atoms with Gasteiger partial charge in [-0.05, 0) is 6.07 Å². The summed E-state index contributed by atoms with van der Waals surface area (Å²) in [6.45, 7) is -0.119. The molecule has 0 saturated carbocycles. The summed E-state index contributed by atoms with van der Waals surface area (Å²) in [6, 6.07) is 2.19. The number of phenolic OH excluding ortho intramolecular Hbond substituents is 1. The van der Waals surface area contributed by atoms with Crippen LogP contribution in [0, 0.1) is 5.82 Å². The molecular weight excluding hydrogens is 189 g/mol. The van der Waals surface area contributed by atoms with E-state index in [2.05, 4.69) is 4.99 Å². The van der Waals surface area contributed by atoms with Crippen molar-refractivity contribution in [1.82, 2.24) is 0 Å². The Labute approximate surface area is 79.7 Å². The van der Waals surface area contributed by atoms with Crippen molar-refractivity contribution < 1.29 is 19.0 Å². The van der Waals surface area contributed by atoms with Crippen molar-refractivity contribution in [2.24, 2.45) is 4.99 Å². The summed E-state index contributed by atoms with van der Waals surface area (Å²) in [7, 11) is 1.35. The van der Waals surface area contributed by atoms with Gasteiger partial charge in [0, 0.05) is 11.6 Å². The Kier molecular flexibility index (Phi) is 3.20. The summed E-state index contributed by atoms with van der Waals surface area (Å²) >= 11 is 0. The fourth-order valence-electron chi connectivity index (χ4n) is 0.987. The molecule has 1 N–H and O–H groups in total. The number of rotatable bonds is 3. The number of carbonyl (C=O) groups excluding carboxylic acids is 1. The Morgan fingerprint density at radius 3 is 2.93 bits per heavy atom. The third kappa shape index (κ3) is 2.08. The SMILES string of the molecule is COc1cc(CN=C=O)c(F)cc1O. The van der Waals surface area contributed by atoms with Crippen LogP contribution in [0.1, 0.15) is 5.56 Å². The molecule has 1 aromatic carbocycles. The Morgan fingerprint density at radius 2 is 2.36 bits per heavy atom. The fourth-order valence-corrected chi connectivity index (χ4v) is 0.987. The molecule has 0 atom stereocenters. The summed E-state index contributed by atoms with van der Waals surface area (Å²) in [4.78, 5) is 13.0. The number of isocyanates is 1. The maximum Gasteiger partial charge on any atom is 0.235 e. The topological polar surface area (TPSA) is 58.9 Å². The molecule has 0 amide bonds. The molecule has 0 unspecified atom stereocenters. The average molecular weight is 197 g/mol. The van der Waals surface area contributed by atoms with Crippen LogP contribution in [0.2, 0.25) is 0 Å². The molecule has 0 aliphatic heterocycles. The van der Waals surface area contributed by atoms with E-state index in [4.69, 9.17) is 9.84 Å². The highest BCUT2D eigenvalue weighted by atomic mass is 19.1. The van der Waals surface area contributed by atoms with Gasteiger partial charge in [-0.25, -0.2) is 14.2 Å². The van der Waals surface area contributed by atoms with Crippen LogP contribution in [0.4, 0.5) is 4.39 Å². The van der Waals surface area contributed by atoms with Gasteiger partial charge in [0.05, 0.1) is 13.7 Å². The second kappa shape index (κ2) is 4.39. The van der Waals surface area contributed by atoms with Crippen LogP contribution in [0.25, 0.3) is 0 Å². The molecule has 0 heterocycles. The number of phenols is 1. The number of aliphatic imine (C=N–C) groups is 1. The van der Waals surface area contributed by atoms with E-state index >= 15 is 0 Å². The minimum absolute atomic E-state index is 0.119. The minimum atomic E-state index is -0.637. The molecule has 0 aromatic heterocycles. The van der Waals surface area contributed by atoms with Crippen LogP contribution in [0.15, 0.2) is 17.1 Å². The average Bonchev–Trinajstić information content (AvgIpc) is 2.17. The van der Waals surface area contributed by atoms with E-state index in [9.17, 15) is 9.18 Å². The largest absolute Gasteiger partial charge is 0.504 e. The van der Waals surface area contributed by atoms with E-state index < -0.39 is 5.82 Å². The van der Waals surface area contributed by atoms with Crippen molar-refractivity contribution >= 4 is 6.08 Å². The first-order chi connectivity index (χ1) is 6.69. The number of aromatic hydroxyl groups is 1. The molecule has 0 fully saturated rings. The maximum atomic E-state index is 13.1. The number of hydrogen-bond acceptors (Lipinski definition) is 4. The molecule has 0 saturated heterocycles. The number of ether oxygens (including phenoxy) is 1. The van der Waals surface area contributed by atoms with E-state index in [1.807, 2.05) is 0 Å². The van der Waals surface area contributed by atoms with Gasteiger partial charge in [0.2, 0.25) is 6.08 Å². The zero-order valence-corrected chi connectivity index (χ0v) is 7.45. The molecule has 0 spiro atoms. The van der Waals surface area contributed by atoms with Gasteiger partial charge in [-0.1, -0.05) is 0 Å². The molecule has 1 aromatic rings. The lowest BCUT2D eigenvalue weighted by Crippen LogP contribution is -1.92. The molecule has 4 nitrogen and oxygen atoms in total. The van der Waals surface area contributed by atoms with Crippen LogP contribution in [0.5, 0.6) is 11.5 Å². The lowest BCUT2D eigenvalue weighted by molar-refractivity contribution is 0.370. The number of benzene rings is 1. The van der Waals surface area contributed by atoms with Crippen molar-refractivity contribution in [1.29, 1.82) is 0 Å². The zero-order valence-electron chi connectivity index (χ0n) is 7.45. The molecule has 74 valence electrons. The Balaban J connectivity index is 3.10.